The molecule has 0 atom stereocenters. The molecule has 0 unspecified atom stereocenters. The molecule has 1 rings (SSSR count). The van der Waals surface area contributed by atoms with Gasteiger partial charge in [-0.1, -0.05) is 12.2 Å². The van der Waals surface area contributed by atoms with Crippen LogP contribution in [-0.4, -0.2) is 34.3 Å². The van der Waals surface area contributed by atoms with E-state index in [1.165, 1.54) is 0 Å². The van der Waals surface area contributed by atoms with E-state index in [2.05, 4.69) is 4.98 Å². The lowest BCUT2D eigenvalue weighted by Crippen LogP contribution is -2.36. The summed E-state index contributed by atoms with van der Waals surface area (Å²) >= 11 is 4.84. The fourth-order valence-electron chi connectivity index (χ4n) is 1.42. The molecule has 88 valence electrons. The number of pyridine rings is 1. The number of aromatic nitrogens is 1. The molecule has 1 aromatic rings. The maximum Gasteiger partial charge on any atom is 0.128 e. The average molecular weight is 239 g/mol. The van der Waals surface area contributed by atoms with E-state index in [-0.39, 0.29) is 0 Å². The number of likely N-dealkylation sites (N-methyl/N-ethyl adjacent to an activating group) is 1. The Labute approximate surface area is 101 Å². The third-order valence-corrected chi connectivity index (χ3v) is 2.28. The van der Waals surface area contributed by atoms with Crippen molar-refractivity contribution in [3.63, 3.8) is 0 Å². The van der Waals surface area contributed by atoms with Crippen molar-refractivity contribution in [2.24, 2.45) is 5.73 Å². The summed E-state index contributed by atoms with van der Waals surface area (Å²) in [5, 5.41) is 9.68. The number of aliphatic hydroxyl groups is 1. The first-order chi connectivity index (χ1) is 7.29. The van der Waals surface area contributed by atoms with Crippen LogP contribution in [0.25, 0.3) is 0 Å². The fourth-order valence-corrected chi connectivity index (χ4v) is 1.54. The summed E-state index contributed by atoms with van der Waals surface area (Å²) in [6.07, 6.45) is 1.64. The van der Waals surface area contributed by atoms with E-state index >= 15 is 0 Å². The molecule has 0 spiro atoms. The smallest absolute Gasteiger partial charge is 0.128 e. The quantitative estimate of drug-likeness (QED) is 0.765. The monoisotopic (exact) mass is 239 g/mol. The first kappa shape index (κ1) is 12.9. The van der Waals surface area contributed by atoms with Gasteiger partial charge in [-0.3, -0.25) is 0 Å². The minimum absolute atomic E-state index is 0.337. The predicted molar refractivity (Wildman–Crippen MR) is 69.7 cm³/mol. The number of anilines is 1. The molecule has 0 saturated heterocycles. The first-order valence-electron chi connectivity index (χ1n) is 4.99. The Morgan fingerprint density at radius 1 is 1.56 bits per heavy atom. The van der Waals surface area contributed by atoms with Crippen molar-refractivity contribution in [3.8, 4) is 0 Å². The Kier molecular flexibility index (Phi) is 3.83. The van der Waals surface area contributed by atoms with Crippen LogP contribution in [0.1, 0.15) is 19.4 Å². The Morgan fingerprint density at radius 3 is 2.56 bits per heavy atom. The van der Waals surface area contributed by atoms with Crippen LogP contribution in [0.3, 0.4) is 0 Å². The van der Waals surface area contributed by atoms with Gasteiger partial charge < -0.3 is 15.7 Å². The normalized spacial score (nSPS) is 11.2. The molecule has 1 aromatic heterocycles. The molecule has 3 N–H and O–H groups in total. The second kappa shape index (κ2) is 4.76. The zero-order valence-corrected chi connectivity index (χ0v) is 10.6. The van der Waals surface area contributed by atoms with Crippen molar-refractivity contribution >= 4 is 23.0 Å². The van der Waals surface area contributed by atoms with Crippen molar-refractivity contribution in [2.45, 2.75) is 19.4 Å². The lowest BCUT2D eigenvalue weighted by Gasteiger charge is -2.26. The highest BCUT2D eigenvalue weighted by atomic mass is 32.1. The Hall–Kier alpha value is -1.20. The van der Waals surface area contributed by atoms with Crippen molar-refractivity contribution in [2.75, 3.05) is 18.5 Å². The number of hydrogen-bond acceptors (Lipinski definition) is 4. The largest absolute Gasteiger partial charge is 0.389 e. The van der Waals surface area contributed by atoms with Crippen molar-refractivity contribution < 1.29 is 5.11 Å². The molecule has 0 fully saturated rings. The van der Waals surface area contributed by atoms with Crippen LogP contribution in [-0.2, 0) is 0 Å². The van der Waals surface area contributed by atoms with Gasteiger partial charge in [-0.15, -0.1) is 0 Å². The molecular weight excluding hydrogens is 222 g/mol. The van der Waals surface area contributed by atoms with E-state index < -0.39 is 5.60 Å². The molecule has 5 heteroatoms. The number of hydrogen-bond donors (Lipinski definition) is 2. The van der Waals surface area contributed by atoms with E-state index in [4.69, 9.17) is 18.0 Å². The zero-order valence-electron chi connectivity index (χ0n) is 9.77. The standard InChI is InChI=1S/C11H17N3OS/c1-11(2,15)7-14(3)9-5-4-8(6-13-9)10(12)16/h4-6,15H,7H2,1-3H3,(H2,12,16). The summed E-state index contributed by atoms with van der Waals surface area (Å²) in [4.78, 5) is 6.45. The predicted octanol–water partition coefficient (Wildman–Crippen LogP) is 0.923. The van der Waals surface area contributed by atoms with Crippen LogP contribution in [0.2, 0.25) is 0 Å². The van der Waals surface area contributed by atoms with E-state index in [0.717, 1.165) is 11.4 Å². The molecule has 16 heavy (non-hydrogen) atoms. The minimum Gasteiger partial charge on any atom is -0.389 e. The van der Waals surface area contributed by atoms with Crippen molar-refractivity contribution in [1.29, 1.82) is 0 Å². The summed E-state index contributed by atoms with van der Waals surface area (Å²) in [6.45, 7) is 4.02. The lowest BCUT2D eigenvalue weighted by molar-refractivity contribution is 0.0884. The Morgan fingerprint density at radius 2 is 2.19 bits per heavy atom. The third-order valence-electron chi connectivity index (χ3n) is 2.05. The van der Waals surface area contributed by atoms with Gasteiger partial charge in [0, 0.05) is 25.4 Å². The molecule has 0 aliphatic heterocycles. The number of nitrogens with zero attached hydrogens (tertiary/aromatic N) is 2. The maximum absolute atomic E-state index is 9.68. The minimum atomic E-state index is -0.752. The van der Waals surface area contributed by atoms with Gasteiger partial charge in [0.1, 0.15) is 10.8 Å². The molecule has 0 aliphatic carbocycles. The summed E-state index contributed by atoms with van der Waals surface area (Å²) in [5.74, 6) is 0.780. The zero-order chi connectivity index (χ0) is 12.3. The summed E-state index contributed by atoms with van der Waals surface area (Å²) in [6, 6.07) is 3.66. The van der Waals surface area contributed by atoms with Gasteiger partial charge >= 0.3 is 0 Å². The highest BCUT2D eigenvalue weighted by Gasteiger charge is 2.16. The van der Waals surface area contributed by atoms with E-state index in [1.54, 1.807) is 20.0 Å². The third kappa shape index (κ3) is 3.75. The second-order valence-corrected chi connectivity index (χ2v) is 4.88. The van der Waals surface area contributed by atoms with E-state index in [0.29, 0.717) is 11.5 Å². The summed E-state index contributed by atoms with van der Waals surface area (Å²) in [5.41, 5.74) is 5.47. The fraction of sp³-hybridized carbons (Fsp3) is 0.455. The van der Waals surface area contributed by atoms with Gasteiger partial charge in [0.2, 0.25) is 0 Å². The van der Waals surface area contributed by atoms with Crippen molar-refractivity contribution in [3.05, 3.63) is 23.9 Å². The van der Waals surface area contributed by atoms with Gasteiger partial charge in [0.15, 0.2) is 0 Å². The summed E-state index contributed by atoms with van der Waals surface area (Å²) < 4.78 is 0. The molecule has 1 heterocycles. The maximum atomic E-state index is 9.68. The van der Waals surface area contributed by atoms with Gasteiger partial charge in [-0.25, -0.2) is 4.98 Å². The first-order valence-corrected chi connectivity index (χ1v) is 5.40. The summed E-state index contributed by atoms with van der Waals surface area (Å²) in [7, 11) is 1.88. The molecule has 0 bridgehead atoms. The highest BCUT2D eigenvalue weighted by molar-refractivity contribution is 7.80. The van der Waals surface area contributed by atoms with Crippen LogP contribution < -0.4 is 10.6 Å². The second-order valence-electron chi connectivity index (χ2n) is 4.44. The van der Waals surface area contributed by atoms with Crippen LogP contribution in [0, 0.1) is 0 Å². The van der Waals surface area contributed by atoms with Crippen LogP contribution in [0.15, 0.2) is 18.3 Å². The van der Waals surface area contributed by atoms with Gasteiger partial charge in [0.25, 0.3) is 0 Å². The van der Waals surface area contributed by atoms with Crippen LogP contribution >= 0.6 is 12.2 Å². The molecule has 0 saturated carbocycles. The Balaban J connectivity index is 2.78. The van der Waals surface area contributed by atoms with Crippen LogP contribution in [0.5, 0.6) is 0 Å². The molecule has 0 amide bonds. The van der Waals surface area contributed by atoms with Crippen LogP contribution in [0.4, 0.5) is 5.82 Å². The van der Waals surface area contributed by atoms with E-state index in [1.807, 2.05) is 24.1 Å². The number of thiocarbonyl (C=S) groups is 1. The number of rotatable bonds is 4. The molecule has 0 radical (unpaired) electrons. The SMILES string of the molecule is CN(CC(C)(C)O)c1ccc(C(N)=S)cn1. The lowest BCUT2D eigenvalue weighted by atomic mass is 10.1. The molecular formula is C11H17N3OS. The Bertz CT molecular complexity index is 370. The van der Waals surface area contributed by atoms with E-state index in [9.17, 15) is 5.11 Å². The van der Waals surface area contributed by atoms with Crippen molar-refractivity contribution in [1.82, 2.24) is 4.98 Å². The molecule has 4 nitrogen and oxygen atoms in total. The number of nitrogens with two attached hydrogens (primary N) is 1. The molecule has 0 aromatic carbocycles. The topological polar surface area (TPSA) is 62.4 Å². The van der Waals surface area contributed by atoms with Gasteiger partial charge in [0.05, 0.1) is 5.60 Å². The van der Waals surface area contributed by atoms with Gasteiger partial charge in [-0.05, 0) is 26.0 Å². The van der Waals surface area contributed by atoms with Gasteiger partial charge in [-0.2, -0.15) is 0 Å². The average Bonchev–Trinajstić information content (AvgIpc) is 2.15. The molecule has 0 aliphatic rings. The highest BCUT2D eigenvalue weighted by Crippen LogP contribution is 2.13.